The molecule has 0 radical (unpaired) electrons. The Bertz CT molecular complexity index is 1490. The van der Waals surface area contributed by atoms with Crippen LogP contribution in [0.3, 0.4) is 0 Å². The van der Waals surface area contributed by atoms with Crippen molar-refractivity contribution in [3.63, 3.8) is 0 Å². The number of para-hydroxylation sites is 1. The lowest BCUT2D eigenvalue weighted by atomic mass is 10.1. The number of carbonyl (C=O) groups excluding carboxylic acids is 2. The zero-order valence-electron chi connectivity index (χ0n) is 18.7. The molecule has 1 amide bonds. The molecule has 1 saturated heterocycles. The second-order valence-electron chi connectivity index (χ2n) is 7.88. The van der Waals surface area contributed by atoms with Crippen LogP contribution in [0.4, 0.5) is 5.69 Å². The Labute approximate surface area is 211 Å². The molecule has 8 heteroatoms. The normalized spacial score (nSPS) is 15.7. The summed E-state index contributed by atoms with van der Waals surface area (Å²) in [6.45, 7) is 0.689. The molecule has 1 fully saturated rings. The smallest absolute Gasteiger partial charge is 0.337 e. The molecule has 1 aliphatic rings. The van der Waals surface area contributed by atoms with E-state index in [1.807, 2.05) is 42.5 Å². The number of aliphatic imine (C=N–C) groups is 1. The molecular weight excluding hydrogens is 482 g/mol. The van der Waals surface area contributed by atoms with E-state index < -0.39 is 5.97 Å². The molecule has 174 valence electrons. The van der Waals surface area contributed by atoms with Crippen molar-refractivity contribution in [1.29, 1.82) is 0 Å². The van der Waals surface area contributed by atoms with Crippen molar-refractivity contribution in [2.75, 3.05) is 7.11 Å². The number of hydrogen-bond acceptors (Lipinski definition) is 5. The van der Waals surface area contributed by atoms with E-state index in [1.54, 1.807) is 24.3 Å². The number of amidine groups is 1. The van der Waals surface area contributed by atoms with Gasteiger partial charge in [-0.25, -0.2) is 9.79 Å². The number of benzene rings is 3. The van der Waals surface area contributed by atoms with E-state index in [1.165, 1.54) is 18.9 Å². The molecule has 4 aromatic rings. The van der Waals surface area contributed by atoms with Gasteiger partial charge < -0.3 is 14.6 Å². The maximum absolute atomic E-state index is 12.7. The lowest BCUT2D eigenvalue weighted by molar-refractivity contribution is -0.115. The van der Waals surface area contributed by atoms with Crippen molar-refractivity contribution < 1.29 is 14.3 Å². The van der Waals surface area contributed by atoms with Crippen molar-refractivity contribution in [3.05, 3.63) is 106 Å². The van der Waals surface area contributed by atoms with Gasteiger partial charge in [0, 0.05) is 34.2 Å². The SMILES string of the molecule is COC(=O)c1ccc(N=C2NC(=O)/C(=C/c3cn(Cc4ccc(Cl)cc4)c4ccccc34)S2)cc1. The molecule has 2 heterocycles. The Morgan fingerprint density at radius 3 is 2.57 bits per heavy atom. The second kappa shape index (κ2) is 9.82. The lowest BCUT2D eigenvalue weighted by Crippen LogP contribution is -2.19. The fourth-order valence-corrected chi connectivity index (χ4v) is 4.80. The quantitative estimate of drug-likeness (QED) is 0.268. The summed E-state index contributed by atoms with van der Waals surface area (Å²) in [4.78, 5) is 29.3. The van der Waals surface area contributed by atoms with Gasteiger partial charge in [-0.05, 0) is 65.9 Å². The molecule has 1 N–H and O–H groups in total. The van der Waals surface area contributed by atoms with E-state index in [2.05, 4.69) is 33.2 Å². The van der Waals surface area contributed by atoms with Crippen LogP contribution in [-0.4, -0.2) is 28.7 Å². The van der Waals surface area contributed by atoms with Gasteiger partial charge in [0.2, 0.25) is 0 Å². The van der Waals surface area contributed by atoms with Gasteiger partial charge in [0.05, 0.1) is 23.3 Å². The van der Waals surface area contributed by atoms with Crippen LogP contribution < -0.4 is 5.32 Å². The molecule has 0 atom stereocenters. The number of ether oxygens (including phenoxy) is 1. The summed E-state index contributed by atoms with van der Waals surface area (Å²) < 4.78 is 6.88. The number of amides is 1. The number of carbonyl (C=O) groups is 2. The summed E-state index contributed by atoms with van der Waals surface area (Å²) in [5, 5.41) is 5.07. The molecule has 0 spiro atoms. The Balaban J connectivity index is 1.41. The molecule has 0 unspecified atom stereocenters. The van der Waals surface area contributed by atoms with Crippen LogP contribution in [0.1, 0.15) is 21.5 Å². The number of nitrogens with zero attached hydrogens (tertiary/aromatic N) is 2. The maximum Gasteiger partial charge on any atom is 0.337 e. The standard InChI is InChI=1S/C27H20ClN3O3S/c1-34-26(33)18-8-12-21(13-9-18)29-27-30-25(32)24(35-27)14-19-16-31(23-5-3-2-4-22(19)23)15-17-6-10-20(28)11-7-17/h2-14,16H,15H2,1H3,(H,29,30,32)/b24-14-. The van der Waals surface area contributed by atoms with E-state index in [-0.39, 0.29) is 5.91 Å². The highest BCUT2D eigenvalue weighted by molar-refractivity contribution is 8.18. The van der Waals surface area contributed by atoms with Gasteiger partial charge in [-0.15, -0.1) is 0 Å². The zero-order chi connectivity index (χ0) is 24.4. The van der Waals surface area contributed by atoms with Crippen molar-refractivity contribution >= 4 is 63.1 Å². The fraction of sp³-hybridized carbons (Fsp3) is 0.0741. The number of hydrogen-bond donors (Lipinski definition) is 1. The monoisotopic (exact) mass is 501 g/mol. The van der Waals surface area contributed by atoms with Gasteiger partial charge in [0.25, 0.3) is 5.91 Å². The number of aromatic nitrogens is 1. The number of rotatable bonds is 5. The minimum Gasteiger partial charge on any atom is -0.465 e. The van der Waals surface area contributed by atoms with E-state index in [9.17, 15) is 9.59 Å². The third-order valence-corrected chi connectivity index (χ3v) is 6.70. The molecule has 6 nitrogen and oxygen atoms in total. The number of halogens is 1. The summed E-state index contributed by atoms with van der Waals surface area (Å²) in [6.07, 6.45) is 3.95. The molecule has 5 rings (SSSR count). The fourth-order valence-electron chi connectivity index (χ4n) is 3.84. The second-order valence-corrected chi connectivity index (χ2v) is 9.34. The first kappa shape index (κ1) is 23.0. The predicted octanol–water partition coefficient (Wildman–Crippen LogP) is 6.02. The molecule has 1 aromatic heterocycles. The third kappa shape index (κ3) is 5.01. The van der Waals surface area contributed by atoms with Crippen molar-refractivity contribution in [1.82, 2.24) is 9.88 Å². The van der Waals surface area contributed by atoms with Crippen molar-refractivity contribution in [2.24, 2.45) is 4.99 Å². The molecule has 0 bridgehead atoms. The van der Waals surface area contributed by atoms with Crippen LogP contribution in [-0.2, 0) is 16.1 Å². The van der Waals surface area contributed by atoms with E-state index >= 15 is 0 Å². The summed E-state index contributed by atoms with van der Waals surface area (Å²) in [5.74, 6) is -0.609. The average molecular weight is 502 g/mol. The zero-order valence-corrected chi connectivity index (χ0v) is 20.3. The Kier molecular flexibility index (Phi) is 6.44. The number of esters is 1. The Hall–Kier alpha value is -3.81. The summed E-state index contributed by atoms with van der Waals surface area (Å²) in [6, 6.07) is 22.6. The first-order chi connectivity index (χ1) is 17.0. The first-order valence-electron chi connectivity index (χ1n) is 10.8. The number of fused-ring (bicyclic) bond motifs is 1. The Morgan fingerprint density at radius 2 is 1.83 bits per heavy atom. The summed E-state index contributed by atoms with van der Waals surface area (Å²) >= 11 is 7.31. The number of methoxy groups -OCH3 is 1. The van der Waals surface area contributed by atoms with Gasteiger partial charge in [-0.2, -0.15) is 0 Å². The molecule has 0 aliphatic carbocycles. The average Bonchev–Trinajstić information content (AvgIpc) is 3.40. The van der Waals surface area contributed by atoms with Crippen LogP contribution in [0.2, 0.25) is 5.02 Å². The minimum absolute atomic E-state index is 0.200. The number of thioether (sulfide) groups is 1. The van der Waals surface area contributed by atoms with E-state index in [4.69, 9.17) is 16.3 Å². The van der Waals surface area contributed by atoms with E-state index in [0.29, 0.717) is 32.9 Å². The van der Waals surface area contributed by atoms with Gasteiger partial charge in [0.1, 0.15) is 0 Å². The lowest BCUT2D eigenvalue weighted by Gasteiger charge is -2.05. The highest BCUT2D eigenvalue weighted by Gasteiger charge is 2.24. The molecule has 0 saturated carbocycles. The maximum atomic E-state index is 12.7. The van der Waals surface area contributed by atoms with E-state index in [0.717, 1.165) is 22.0 Å². The van der Waals surface area contributed by atoms with Crippen LogP contribution >= 0.6 is 23.4 Å². The minimum atomic E-state index is -0.409. The Morgan fingerprint density at radius 1 is 1.09 bits per heavy atom. The molecule has 1 aliphatic heterocycles. The predicted molar refractivity (Wildman–Crippen MR) is 141 cm³/mol. The molecular formula is C27H20ClN3O3S. The summed E-state index contributed by atoms with van der Waals surface area (Å²) in [5.41, 5.74) is 4.24. The van der Waals surface area contributed by atoms with Crippen molar-refractivity contribution in [2.45, 2.75) is 6.54 Å². The topological polar surface area (TPSA) is 72.7 Å². The van der Waals surface area contributed by atoms with Crippen molar-refractivity contribution in [3.8, 4) is 0 Å². The number of nitrogens with one attached hydrogen (secondary N) is 1. The first-order valence-corrected chi connectivity index (χ1v) is 12.0. The highest BCUT2D eigenvalue weighted by atomic mass is 35.5. The highest BCUT2D eigenvalue weighted by Crippen LogP contribution is 2.31. The largest absolute Gasteiger partial charge is 0.465 e. The van der Waals surface area contributed by atoms with Gasteiger partial charge >= 0.3 is 5.97 Å². The van der Waals surface area contributed by atoms with Crippen LogP contribution in [0, 0.1) is 0 Å². The van der Waals surface area contributed by atoms with Crippen LogP contribution in [0.15, 0.2) is 88.9 Å². The molecule has 3 aromatic carbocycles. The van der Waals surface area contributed by atoms with Gasteiger partial charge in [-0.3, -0.25) is 4.79 Å². The van der Waals surface area contributed by atoms with Gasteiger partial charge in [0.15, 0.2) is 5.17 Å². The van der Waals surface area contributed by atoms with Gasteiger partial charge in [-0.1, -0.05) is 41.9 Å². The molecule has 35 heavy (non-hydrogen) atoms. The third-order valence-electron chi connectivity index (χ3n) is 5.54. The van der Waals surface area contributed by atoms with Crippen LogP contribution in [0.5, 0.6) is 0 Å². The summed E-state index contributed by atoms with van der Waals surface area (Å²) in [7, 11) is 1.34. The van der Waals surface area contributed by atoms with Crippen LogP contribution in [0.25, 0.3) is 17.0 Å².